The summed E-state index contributed by atoms with van der Waals surface area (Å²) in [7, 11) is -0.895. The smallest absolute Gasteiger partial charge is 0.0911 e. The number of rotatable bonds is 5. The molecule has 246 valence electrons. The minimum absolute atomic E-state index is 0.411. The summed E-state index contributed by atoms with van der Waals surface area (Å²) in [6.45, 7) is 0. The van der Waals surface area contributed by atoms with Crippen LogP contribution in [0.2, 0.25) is 0 Å². The van der Waals surface area contributed by atoms with Gasteiger partial charge in [-0.25, -0.2) is 0 Å². The standard InChI is InChI=1S/C49H35NSSi/c1-3-14-34(15-4-1)36-26-30-38(31-27-36)50(39-32-28-37(29-33-39)35-16-5-2-6-17-35)44-22-13-21-43-48(44)52-47-25-12-9-20-42(47)49(43)40-18-7-10-23-45(40)51-46-24-11-8-19-41(46)49/h1-33H,52H2. The van der Waals surface area contributed by atoms with Crippen LogP contribution >= 0.6 is 11.8 Å². The van der Waals surface area contributed by atoms with Crippen molar-refractivity contribution >= 4 is 48.7 Å². The van der Waals surface area contributed by atoms with Gasteiger partial charge >= 0.3 is 0 Å². The molecule has 0 amide bonds. The van der Waals surface area contributed by atoms with Crippen molar-refractivity contribution in [2.45, 2.75) is 15.2 Å². The van der Waals surface area contributed by atoms with Gasteiger partial charge in [0.05, 0.1) is 14.9 Å². The number of nitrogens with zero attached hydrogens (tertiary/aromatic N) is 1. The first kappa shape index (κ1) is 30.9. The molecule has 0 bridgehead atoms. The lowest BCUT2D eigenvalue weighted by molar-refractivity contribution is 0.708. The summed E-state index contributed by atoms with van der Waals surface area (Å²) in [5.41, 5.74) is 13.7. The lowest BCUT2D eigenvalue weighted by Gasteiger charge is -2.47. The Hall–Kier alpha value is -5.87. The summed E-state index contributed by atoms with van der Waals surface area (Å²) in [6.07, 6.45) is 0. The second-order valence-corrected chi connectivity index (χ2v) is 16.5. The molecule has 1 spiro atoms. The highest BCUT2D eigenvalue weighted by Crippen LogP contribution is 2.56. The molecule has 0 aliphatic carbocycles. The Labute approximate surface area is 312 Å². The molecule has 0 unspecified atom stereocenters. The normalized spacial score (nSPS) is 13.8. The third kappa shape index (κ3) is 4.92. The average molecular weight is 698 g/mol. The Balaban J connectivity index is 1.22. The summed E-state index contributed by atoms with van der Waals surface area (Å²) < 4.78 is 0. The molecule has 3 heteroatoms. The molecule has 1 nitrogen and oxygen atoms in total. The molecular weight excluding hydrogens is 663 g/mol. The first-order valence-corrected chi connectivity index (χ1v) is 20.2. The zero-order valence-electron chi connectivity index (χ0n) is 28.6. The van der Waals surface area contributed by atoms with Crippen molar-refractivity contribution in [1.29, 1.82) is 0 Å². The van der Waals surface area contributed by atoms with Gasteiger partial charge in [0.1, 0.15) is 0 Å². The van der Waals surface area contributed by atoms with Crippen LogP contribution in [-0.2, 0) is 5.41 Å². The second-order valence-electron chi connectivity index (χ2n) is 13.6. The van der Waals surface area contributed by atoms with Gasteiger partial charge in [0.2, 0.25) is 0 Å². The van der Waals surface area contributed by atoms with Crippen LogP contribution in [0.3, 0.4) is 0 Å². The van der Waals surface area contributed by atoms with E-state index in [2.05, 4.69) is 205 Å². The predicted octanol–water partition coefficient (Wildman–Crippen LogP) is 10.8. The summed E-state index contributed by atoms with van der Waals surface area (Å²) >= 11 is 1.90. The van der Waals surface area contributed by atoms with E-state index >= 15 is 0 Å². The van der Waals surface area contributed by atoms with E-state index in [4.69, 9.17) is 0 Å². The summed E-state index contributed by atoms with van der Waals surface area (Å²) in [5, 5.41) is 3.01. The van der Waals surface area contributed by atoms with Crippen LogP contribution in [0.15, 0.2) is 210 Å². The van der Waals surface area contributed by atoms with Gasteiger partial charge in [-0.15, -0.1) is 0 Å². The Morgan fingerprint density at radius 3 is 1.37 bits per heavy atom. The fourth-order valence-electron chi connectivity index (χ4n) is 8.57. The van der Waals surface area contributed by atoms with Crippen LogP contribution in [-0.4, -0.2) is 9.52 Å². The van der Waals surface area contributed by atoms with E-state index in [-0.39, 0.29) is 0 Å². The van der Waals surface area contributed by atoms with Crippen LogP contribution in [0, 0.1) is 0 Å². The monoisotopic (exact) mass is 697 g/mol. The number of fused-ring (bicyclic) bond motifs is 8. The molecular formula is C49H35NSSi. The van der Waals surface area contributed by atoms with Gasteiger partial charge in [-0.05, 0) is 92.2 Å². The molecule has 0 radical (unpaired) electrons. The zero-order valence-corrected chi connectivity index (χ0v) is 30.8. The van der Waals surface area contributed by atoms with E-state index in [0.717, 1.165) is 11.4 Å². The largest absolute Gasteiger partial charge is 0.311 e. The molecule has 2 aliphatic heterocycles. The van der Waals surface area contributed by atoms with E-state index in [9.17, 15) is 0 Å². The van der Waals surface area contributed by atoms with Crippen molar-refractivity contribution < 1.29 is 0 Å². The first-order valence-electron chi connectivity index (χ1n) is 18.0. The molecule has 8 aromatic carbocycles. The molecule has 0 aromatic heterocycles. The van der Waals surface area contributed by atoms with Crippen LogP contribution in [0.25, 0.3) is 22.3 Å². The average Bonchev–Trinajstić information content (AvgIpc) is 3.22. The molecule has 2 heterocycles. The molecule has 10 rings (SSSR count). The minimum atomic E-state index is -0.895. The maximum Gasteiger partial charge on any atom is 0.0911 e. The van der Waals surface area contributed by atoms with E-state index in [1.165, 1.54) is 70.4 Å². The molecule has 8 aromatic rings. The summed E-state index contributed by atoms with van der Waals surface area (Å²) in [5.74, 6) is 0. The molecule has 2 aliphatic rings. The van der Waals surface area contributed by atoms with Gasteiger partial charge in [-0.1, -0.05) is 175 Å². The maximum absolute atomic E-state index is 2.51. The molecule has 0 atom stereocenters. The van der Waals surface area contributed by atoms with E-state index in [1.54, 1.807) is 0 Å². The fraction of sp³-hybridized carbons (Fsp3) is 0.0204. The number of hydrogen-bond donors (Lipinski definition) is 0. The lowest BCUT2D eigenvalue weighted by Crippen LogP contribution is -2.51. The van der Waals surface area contributed by atoms with E-state index in [1.807, 2.05) is 11.8 Å². The zero-order chi connectivity index (χ0) is 34.5. The lowest BCUT2D eigenvalue weighted by atomic mass is 9.64. The van der Waals surface area contributed by atoms with Crippen molar-refractivity contribution in [2.75, 3.05) is 4.90 Å². The van der Waals surface area contributed by atoms with Gasteiger partial charge < -0.3 is 4.90 Å². The highest BCUT2D eigenvalue weighted by Gasteiger charge is 2.48. The van der Waals surface area contributed by atoms with Gasteiger partial charge in [0, 0.05) is 26.9 Å². The topological polar surface area (TPSA) is 3.24 Å². The summed E-state index contributed by atoms with van der Waals surface area (Å²) in [4.78, 5) is 5.17. The highest BCUT2D eigenvalue weighted by molar-refractivity contribution is 7.99. The van der Waals surface area contributed by atoms with Crippen molar-refractivity contribution in [1.82, 2.24) is 0 Å². The molecule has 0 saturated heterocycles. The molecule has 0 N–H and O–H groups in total. The number of anilines is 3. The van der Waals surface area contributed by atoms with Crippen LogP contribution in [0.5, 0.6) is 0 Å². The van der Waals surface area contributed by atoms with Crippen LogP contribution < -0.4 is 15.3 Å². The third-order valence-corrected chi connectivity index (χ3v) is 14.1. The van der Waals surface area contributed by atoms with Crippen molar-refractivity contribution in [3.05, 3.63) is 222 Å². The Kier molecular flexibility index (Phi) is 7.56. The Morgan fingerprint density at radius 1 is 0.365 bits per heavy atom. The number of hydrogen-bond acceptors (Lipinski definition) is 2. The minimum Gasteiger partial charge on any atom is -0.311 e. The second kappa shape index (κ2) is 12.7. The van der Waals surface area contributed by atoms with Gasteiger partial charge in [-0.2, -0.15) is 0 Å². The van der Waals surface area contributed by atoms with Crippen molar-refractivity contribution in [2.24, 2.45) is 0 Å². The molecule has 0 saturated carbocycles. The fourth-order valence-corrected chi connectivity index (χ4v) is 12.0. The van der Waals surface area contributed by atoms with Gasteiger partial charge in [0.15, 0.2) is 0 Å². The van der Waals surface area contributed by atoms with E-state index < -0.39 is 14.9 Å². The Morgan fingerprint density at radius 2 is 0.808 bits per heavy atom. The van der Waals surface area contributed by atoms with E-state index in [0.29, 0.717) is 0 Å². The number of benzene rings is 8. The van der Waals surface area contributed by atoms with Crippen molar-refractivity contribution in [3.63, 3.8) is 0 Å². The summed E-state index contributed by atoms with van der Waals surface area (Å²) in [6, 6.07) is 74.2. The molecule has 52 heavy (non-hydrogen) atoms. The maximum atomic E-state index is 2.51. The first-order chi connectivity index (χ1) is 25.8. The third-order valence-electron chi connectivity index (χ3n) is 10.9. The quantitative estimate of drug-likeness (QED) is 0.165. The van der Waals surface area contributed by atoms with Gasteiger partial charge in [0.25, 0.3) is 0 Å². The highest BCUT2D eigenvalue weighted by atomic mass is 32.2. The Bertz CT molecular complexity index is 2420. The van der Waals surface area contributed by atoms with Crippen LogP contribution in [0.4, 0.5) is 17.1 Å². The molecule has 0 fully saturated rings. The predicted molar refractivity (Wildman–Crippen MR) is 222 cm³/mol. The van der Waals surface area contributed by atoms with Crippen molar-refractivity contribution in [3.8, 4) is 22.3 Å². The van der Waals surface area contributed by atoms with Gasteiger partial charge in [-0.3, -0.25) is 0 Å². The SMILES string of the molecule is c1ccc(-c2ccc(N(c3ccc(-c4ccccc4)cc3)c3cccc4c3[SiH2]c3ccccc3C43c4ccccc4Sc4ccccc43)cc2)cc1. The van der Waals surface area contributed by atoms with Crippen LogP contribution in [0.1, 0.15) is 22.3 Å².